The van der Waals surface area contributed by atoms with Gasteiger partial charge in [0.1, 0.15) is 0 Å². The lowest BCUT2D eigenvalue weighted by Gasteiger charge is -2.26. The van der Waals surface area contributed by atoms with Crippen LogP contribution in [0.3, 0.4) is 0 Å². The molecule has 1 aliphatic heterocycles. The van der Waals surface area contributed by atoms with Gasteiger partial charge in [-0.2, -0.15) is 0 Å². The van der Waals surface area contributed by atoms with Gasteiger partial charge >= 0.3 is 5.97 Å². The topological polar surface area (TPSA) is 49.8 Å². The van der Waals surface area contributed by atoms with Crippen molar-refractivity contribution in [1.82, 2.24) is 4.90 Å². The lowest BCUT2D eigenvalue weighted by Crippen LogP contribution is -2.38. The molecule has 0 aromatic heterocycles. The van der Waals surface area contributed by atoms with E-state index in [1.165, 1.54) is 0 Å². The van der Waals surface area contributed by atoms with Crippen molar-refractivity contribution in [3.63, 3.8) is 0 Å². The molecule has 1 saturated heterocycles. The Morgan fingerprint density at radius 3 is 2.46 bits per heavy atom. The van der Waals surface area contributed by atoms with Gasteiger partial charge in [-0.1, -0.05) is 6.58 Å². The average Bonchev–Trinajstić information content (AvgIpc) is 2.06. The van der Waals surface area contributed by atoms with Gasteiger partial charge in [-0.3, -0.25) is 4.90 Å². The summed E-state index contributed by atoms with van der Waals surface area (Å²) in [6.07, 6.45) is 0. The molecule has 0 aromatic rings. The van der Waals surface area contributed by atoms with Crippen molar-refractivity contribution in [3.8, 4) is 0 Å². The molecule has 1 heterocycles. The summed E-state index contributed by atoms with van der Waals surface area (Å²) < 4.78 is 5.12. The fourth-order valence-electron chi connectivity index (χ4n) is 1.10. The van der Waals surface area contributed by atoms with Crippen molar-refractivity contribution >= 4 is 18.4 Å². The summed E-state index contributed by atoms with van der Waals surface area (Å²) in [7, 11) is 0. The van der Waals surface area contributed by atoms with Gasteiger partial charge in [-0.25, -0.2) is 4.79 Å². The first-order valence-corrected chi connectivity index (χ1v) is 3.91. The second-order valence-electron chi connectivity index (χ2n) is 2.80. The molecule has 0 aromatic carbocycles. The van der Waals surface area contributed by atoms with Crippen molar-refractivity contribution < 1.29 is 14.6 Å². The highest BCUT2D eigenvalue weighted by Gasteiger charge is 2.13. The standard InChI is InChI=1S/C8H13NO3.ClH/c1-7(8(10)11)6-9-2-4-12-5-3-9;/h1-6H2,(H,10,11);1H. The smallest absolute Gasteiger partial charge is 0.332 e. The number of ether oxygens (including phenoxy) is 1. The number of hydrogen-bond acceptors (Lipinski definition) is 3. The summed E-state index contributed by atoms with van der Waals surface area (Å²) in [5.74, 6) is -0.915. The molecule has 76 valence electrons. The van der Waals surface area contributed by atoms with Crippen LogP contribution in [0, 0.1) is 0 Å². The molecule has 4 nitrogen and oxygen atoms in total. The van der Waals surface area contributed by atoms with Crippen LogP contribution in [0.25, 0.3) is 0 Å². The van der Waals surface area contributed by atoms with E-state index in [-0.39, 0.29) is 18.0 Å². The third-order valence-electron chi connectivity index (χ3n) is 1.82. The van der Waals surface area contributed by atoms with Crippen molar-refractivity contribution in [3.05, 3.63) is 12.2 Å². The molecule has 0 unspecified atom stereocenters. The van der Waals surface area contributed by atoms with Crippen molar-refractivity contribution in [2.24, 2.45) is 0 Å². The second kappa shape index (κ2) is 5.96. The van der Waals surface area contributed by atoms with Crippen molar-refractivity contribution in [2.45, 2.75) is 0 Å². The van der Waals surface area contributed by atoms with Crippen LogP contribution in [0.15, 0.2) is 12.2 Å². The SMILES string of the molecule is C=C(CN1CCOCC1)C(=O)O.Cl. The van der Waals surface area contributed by atoms with Gasteiger partial charge in [-0.15, -0.1) is 12.4 Å². The molecule has 1 fully saturated rings. The number of morpholine rings is 1. The highest BCUT2D eigenvalue weighted by Crippen LogP contribution is 2.00. The largest absolute Gasteiger partial charge is 0.478 e. The van der Waals surface area contributed by atoms with Crippen LogP contribution >= 0.6 is 12.4 Å². The average molecular weight is 208 g/mol. The molecule has 0 spiro atoms. The second-order valence-corrected chi connectivity index (χ2v) is 2.80. The van der Waals surface area contributed by atoms with Gasteiger partial charge in [0.15, 0.2) is 0 Å². The molecular weight excluding hydrogens is 194 g/mol. The number of halogens is 1. The van der Waals surface area contributed by atoms with E-state index in [9.17, 15) is 4.79 Å². The maximum absolute atomic E-state index is 10.4. The monoisotopic (exact) mass is 207 g/mol. The van der Waals surface area contributed by atoms with Crippen LogP contribution in [0.1, 0.15) is 0 Å². The van der Waals surface area contributed by atoms with Crippen LogP contribution in [-0.4, -0.2) is 48.8 Å². The van der Waals surface area contributed by atoms with E-state index < -0.39 is 5.97 Å². The molecule has 0 saturated carbocycles. The fourth-order valence-corrected chi connectivity index (χ4v) is 1.10. The Kier molecular flexibility index (Phi) is 5.70. The fraction of sp³-hybridized carbons (Fsp3) is 0.625. The van der Waals surface area contributed by atoms with Crippen LogP contribution < -0.4 is 0 Å². The van der Waals surface area contributed by atoms with Crippen LogP contribution in [0.2, 0.25) is 0 Å². The summed E-state index contributed by atoms with van der Waals surface area (Å²) >= 11 is 0. The molecule has 0 bridgehead atoms. The molecule has 0 amide bonds. The molecule has 0 atom stereocenters. The molecule has 0 radical (unpaired) electrons. The number of hydrogen-bond donors (Lipinski definition) is 1. The summed E-state index contributed by atoms with van der Waals surface area (Å²) in [6.45, 7) is 6.88. The number of nitrogens with zero attached hydrogens (tertiary/aromatic N) is 1. The van der Waals surface area contributed by atoms with E-state index in [2.05, 4.69) is 6.58 Å². The Labute approximate surface area is 83.6 Å². The number of carboxylic acid groups (broad SMARTS) is 1. The van der Waals surface area contributed by atoms with Crippen LogP contribution in [-0.2, 0) is 9.53 Å². The lowest BCUT2D eigenvalue weighted by atomic mass is 10.2. The molecular formula is C8H14ClNO3. The van der Waals surface area contributed by atoms with Gasteiger partial charge in [0.25, 0.3) is 0 Å². The summed E-state index contributed by atoms with van der Waals surface area (Å²) in [5, 5.41) is 8.56. The van der Waals surface area contributed by atoms with Gasteiger partial charge in [-0.05, 0) is 0 Å². The third kappa shape index (κ3) is 4.26. The minimum Gasteiger partial charge on any atom is -0.478 e. The van der Waals surface area contributed by atoms with Crippen LogP contribution in [0.5, 0.6) is 0 Å². The Hall–Kier alpha value is -0.580. The zero-order valence-corrected chi connectivity index (χ0v) is 8.18. The first-order chi connectivity index (χ1) is 5.70. The Balaban J connectivity index is 0.00000144. The van der Waals surface area contributed by atoms with E-state index in [1.54, 1.807) is 0 Å². The lowest BCUT2D eigenvalue weighted by molar-refractivity contribution is -0.133. The van der Waals surface area contributed by atoms with Gasteiger partial charge in [0.05, 0.1) is 13.2 Å². The molecule has 13 heavy (non-hydrogen) atoms. The normalized spacial score (nSPS) is 17.5. The number of carbonyl (C=O) groups is 1. The van der Waals surface area contributed by atoms with E-state index in [4.69, 9.17) is 9.84 Å². The molecule has 1 aliphatic rings. The Morgan fingerprint density at radius 2 is 2.00 bits per heavy atom. The van der Waals surface area contributed by atoms with Gasteiger partial charge in [0.2, 0.25) is 0 Å². The molecule has 0 aliphatic carbocycles. The first kappa shape index (κ1) is 12.4. The summed E-state index contributed by atoms with van der Waals surface area (Å²) in [4.78, 5) is 12.4. The molecule has 1 N–H and O–H groups in total. The number of rotatable bonds is 3. The van der Waals surface area contributed by atoms with E-state index in [0.29, 0.717) is 19.8 Å². The maximum Gasteiger partial charge on any atom is 0.332 e. The van der Waals surface area contributed by atoms with Crippen molar-refractivity contribution in [2.75, 3.05) is 32.8 Å². The predicted octanol–water partition coefficient (Wildman–Crippen LogP) is 0.381. The van der Waals surface area contributed by atoms with Crippen molar-refractivity contribution in [1.29, 1.82) is 0 Å². The highest BCUT2D eigenvalue weighted by atomic mass is 35.5. The third-order valence-corrected chi connectivity index (χ3v) is 1.82. The predicted molar refractivity (Wildman–Crippen MR) is 51.3 cm³/mol. The zero-order valence-electron chi connectivity index (χ0n) is 7.36. The maximum atomic E-state index is 10.4. The zero-order chi connectivity index (χ0) is 8.97. The summed E-state index contributed by atoms with van der Waals surface area (Å²) in [5.41, 5.74) is 0.247. The highest BCUT2D eigenvalue weighted by molar-refractivity contribution is 5.86. The minimum atomic E-state index is -0.915. The summed E-state index contributed by atoms with van der Waals surface area (Å²) in [6, 6.07) is 0. The Morgan fingerprint density at radius 1 is 1.46 bits per heavy atom. The van der Waals surface area contributed by atoms with E-state index >= 15 is 0 Å². The number of aliphatic carboxylic acids is 1. The van der Waals surface area contributed by atoms with Gasteiger partial charge in [0, 0.05) is 25.2 Å². The molecule has 1 rings (SSSR count). The number of carboxylic acids is 1. The van der Waals surface area contributed by atoms with Gasteiger partial charge < -0.3 is 9.84 Å². The first-order valence-electron chi connectivity index (χ1n) is 3.91. The van der Waals surface area contributed by atoms with E-state index in [1.807, 2.05) is 4.90 Å². The van der Waals surface area contributed by atoms with Crippen LogP contribution in [0.4, 0.5) is 0 Å². The van der Waals surface area contributed by atoms with E-state index in [0.717, 1.165) is 13.1 Å². The molecule has 5 heteroatoms. The Bertz CT molecular complexity index is 190. The minimum absolute atomic E-state index is 0. The quantitative estimate of drug-likeness (QED) is 0.680.